The number of benzene rings is 1. The molecule has 12 nitrogen and oxygen atoms in total. The molecule has 1 rings (SSSR count). The molecule has 2 atom stereocenters. The minimum atomic E-state index is -0.618. The second-order valence-electron chi connectivity index (χ2n) is 9.69. The van der Waals surface area contributed by atoms with Gasteiger partial charge in [0.2, 0.25) is 11.8 Å². The predicted octanol–water partition coefficient (Wildman–Crippen LogP) is 1.15. The molecule has 0 heterocycles. The second kappa shape index (κ2) is 22.2. The smallest absolute Gasteiger partial charge is 0.237 e. The number of hydrogen-bond donors (Lipinski definition) is 6. The molecule has 0 fully saturated rings. The van der Waals surface area contributed by atoms with Crippen LogP contribution in [0, 0.1) is 0 Å². The number of hydrogen-bond acceptors (Lipinski definition) is 12. The van der Waals surface area contributed by atoms with Crippen LogP contribution in [0.3, 0.4) is 0 Å². The van der Waals surface area contributed by atoms with Crippen LogP contribution in [0.25, 0.3) is 0 Å². The highest BCUT2D eigenvalue weighted by Crippen LogP contribution is 2.34. The van der Waals surface area contributed by atoms with Gasteiger partial charge in [-0.15, -0.1) is 0 Å². The van der Waals surface area contributed by atoms with E-state index in [4.69, 9.17) is 32.4 Å². The lowest BCUT2D eigenvalue weighted by atomic mass is 10.1. The first-order valence-corrected chi connectivity index (χ1v) is 16.2. The summed E-state index contributed by atoms with van der Waals surface area (Å²) < 4.78 is 12.0. The predicted molar refractivity (Wildman–Crippen MR) is 169 cm³/mol. The minimum absolute atomic E-state index is 0.0366. The van der Waals surface area contributed by atoms with Crippen LogP contribution in [0.15, 0.2) is 12.1 Å². The monoisotopic (exact) mass is 628 g/mol. The zero-order chi connectivity index (χ0) is 31.3. The number of thioether (sulfide) groups is 2. The average molecular weight is 629 g/mol. The molecule has 0 unspecified atom stereocenters. The number of rotatable bonds is 22. The normalized spacial score (nSPS) is 12.3. The largest absolute Gasteiger partial charge is 0.488 e. The molecular formula is C28H48N6O6S2. The first-order chi connectivity index (χ1) is 20.1. The summed E-state index contributed by atoms with van der Waals surface area (Å²) in [6.45, 7) is 4.83. The van der Waals surface area contributed by atoms with Gasteiger partial charge in [0.1, 0.15) is 13.2 Å². The first kappa shape index (κ1) is 37.7. The number of ether oxygens (including phenoxy) is 2. The molecule has 0 saturated carbocycles. The van der Waals surface area contributed by atoms with Crippen molar-refractivity contribution in [3.63, 3.8) is 0 Å². The van der Waals surface area contributed by atoms with Crippen molar-refractivity contribution < 1.29 is 28.7 Å². The molecular weight excluding hydrogens is 580 g/mol. The van der Waals surface area contributed by atoms with E-state index in [1.165, 1.54) is 13.8 Å². The third-order valence-electron chi connectivity index (χ3n) is 6.06. The molecule has 0 aliphatic heterocycles. The van der Waals surface area contributed by atoms with Gasteiger partial charge in [0, 0.05) is 25.4 Å². The topological polar surface area (TPSA) is 215 Å². The van der Waals surface area contributed by atoms with Gasteiger partial charge in [0.25, 0.3) is 0 Å². The Morgan fingerprint density at radius 1 is 0.714 bits per heavy atom. The van der Waals surface area contributed by atoms with Crippen LogP contribution < -0.4 is 43.0 Å². The minimum Gasteiger partial charge on any atom is -0.488 e. The fourth-order valence-corrected chi connectivity index (χ4v) is 4.96. The van der Waals surface area contributed by atoms with E-state index in [2.05, 4.69) is 10.6 Å². The summed E-state index contributed by atoms with van der Waals surface area (Å²) in [5.74, 6) is 1.09. The average Bonchev–Trinajstić information content (AvgIpc) is 2.95. The fourth-order valence-electron chi connectivity index (χ4n) is 3.71. The van der Waals surface area contributed by atoms with Gasteiger partial charge < -0.3 is 43.0 Å². The maximum Gasteiger partial charge on any atom is 0.237 e. The lowest BCUT2D eigenvalue weighted by molar-refractivity contribution is -0.123. The number of carbonyl (C=O) groups excluding carboxylic acids is 4. The van der Waals surface area contributed by atoms with E-state index < -0.39 is 12.1 Å². The van der Waals surface area contributed by atoms with Crippen molar-refractivity contribution in [1.82, 2.24) is 10.6 Å². The van der Waals surface area contributed by atoms with Crippen LogP contribution in [-0.4, -0.2) is 73.5 Å². The van der Waals surface area contributed by atoms with Gasteiger partial charge >= 0.3 is 0 Å². The molecule has 10 N–H and O–H groups in total. The summed E-state index contributed by atoms with van der Waals surface area (Å²) in [5.41, 5.74) is 24.5. The van der Waals surface area contributed by atoms with Gasteiger partial charge in [-0.05, 0) is 62.0 Å². The van der Waals surface area contributed by atoms with Crippen LogP contribution >= 0.6 is 23.5 Å². The molecule has 0 aromatic heterocycles. The lowest BCUT2D eigenvalue weighted by Gasteiger charge is -2.18. The Bertz CT molecular complexity index is 923. The summed E-state index contributed by atoms with van der Waals surface area (Å²) in [4.78, 5) is 47.9. The molecule has 2 amide bonds. The van der Waals surface area contributed by atoms with Gasteiger partial charge in [0.15, 0.2) is 21.7 Å². The van der Waals surface area contributed by atoms with Crippen LogP contribution in [0.5, 0.6) is 11.5 Å². The van der Waals surface area contributed by atoms with Crippen LogP contribution in [0.4, 0.5) is 0 Å². The zero-order valence-corrected chi connectivity index (χ0v) is 26.4. The second-order valence-corrected chi connectivity index (χ2v) is 12.0. The maximum atomic E-state index is 12.3. The molecule has 0 bridgehead atoms. The number of nitrogens with one attached hydrogen (secondary N) is 2. The molecule has 0 aliphatic rings. The van der Waals surface area contributed by atoms with Crippen LogP contribution in [-0.2, 0) is 30.7 Å². The summed E-state index contributed by atoms with van der Waals surface area (Å²) >= 11 is 2.30. The quantitative estimate of drug-likeness (QED) is 0.0998. The van der Waals surface area contributed by atoms with Gasteiger partial charge in [0.05, 0.1) is 25.2 Å². The van der Waals surface area contributed by atoms with E-state index in [0.717, 1.165) is 60.3 Å². The number of amides is 2. The van der Waals surface area contributed by atoms with E-state index in [1.807, 2.05) is 0 Å². The first-order valence-electron chi connectivity index (χ1n) is 14.2. The lowest BCUT2D eigenvalue weighted by Crippen LogP contribution is -2.42. The van der Waals surface area contributed by atoms with Gasteiger partial charge in [-0.25, -0.2) is 0 Å². The number of nitrogens with two attached hydrogens (primary N) is 4. The maximum absolute atomic E-state index is 12.3. The molecule has 14 heteroatoms. The Hall–Kier alpha value is -2.36. The summed E-state index contributed by atoms with van der Waals surface area (Å²) in [6, 6.07) is 2.33. The molecule has 0 radical (unpaired) electrons. The Balaban J connectivity index is 2.92. The van der Waals surface area contributed by atoms with Crippen molar-refractivity contribution in [1.29, 1.82) is 0 Å². The van der Waals surface area contributed by atoms with E-state index in [1.54, 1.807) is 12.1 Å². The van der Waals surface area contributed by atoms with Crippen molar-refractivity contribution >= 4 is 45.6 Å². The van der Waals surface area contributed by atoms with Crippen molar-refractivity contribution in [2.24, 2.45) is 22.9 Å². The zero-order valence-electron chi connectivity index (χ0n) is 24.8. The van der Waals surface area contributed by atoms with Crippen molar-refractivity contribution in [3.8, 4) is 11.5 Å². The van der Waals surface area contributed by atoms with Crippen molar-refractivity contribution in [2.45, 2.75) is 76.0 Å². The standard InChI is InChI=1S/C28H48N6O6S2/c1-19(35)41-17-21-15-25(39-13-11-33-27(37)23(31)7-3-5-9-29)26(16-22(21)18-42-20(2)36)40-14-12-34-28(38)24(32)8-4-6-10-30/h15-16,23-24H,3-14,17-18,29-32H2,1-2H3,(H,33,37)(H,34,38)/t23-,24-/m1/s1. The SMILES string of the molecule is CC(=O)SCc1cc(OCCNC(=O)[C@H](N)CCCCN)c(OCCNC(=O)[C@H](N)CCCCN)cc1CSC(C)=O. The highest BCUT2D eigenvalue weighted by Gasteiger charge is 2.17. The van der Waals surface area contributed by atoms with Gasteiger partial charge in [-0.3, -0.25) is 19.2 Å². The highest BCUT2D eigenvalue weighted by molar-refractivity contribution is 8.13. The summed E-state index contributed by atoms with van der Waals surface area (Å²) in [5, 5.41) is 5.48. The summed E-state index contributed by atoms with van der Waals surface area (Å²) in [6.07, 6.45) is 4.27. The van der Waals surface area contributed by atoms with Crippen LogP contribution in [0.1, 0.15) is 63.5 Å². The van der Waals surface area contributed by atoms with E-state index in [9.17, 15) is 19.2 Å². The summed E-state index contributed by atoms with van der Waals surface area (Å²) in [7, 11) is 0. The molecule has 0 spiro atoms. The number of unbranched alkanes of at least 4 members (excludes halogenated alkanes) is 2. The Kier molecular flexibility index (Phi) is 19.9. The Morgan fingerprint density at radius 2 is 1.10 bits per heavy atom. The van der Waals surface area contributed by atoms with E-state index >= 15 is 0 Å². The molecule has 42 heavy (non-hydrogen) atoms. The van der Waals surface area contributed by atoms with Crippen molar-refractivity contribution in [3.05, 3.63) is 23.3 Å². The molecule has 1 aromatic carbocycles. The van der Waals surface area contributed by atoms with E-state index in [-0.39, 0.29) is 48.3 Å². The Labute approximate surface area is 257 Å². The molecule has 0 aliphatic carbocycles. The van der Waals surface area contributed by atoms with E-state index in [0.29, 0.717) is 48.9 Å². The fraction of sp³-hybridized carbons (Fsp3) is 0.643. The Morgan fingerprint density at radius 3 is 1.43 bits per heavy atom. The third kappa shape index (κ3) is 16.3. The third-order valence-corrected chi connectivity index (χ3v) is 7.78. The van der Waals surface area contributed by atoms with Crippen LogP contribution in [0.2, 0.25) is 0 Å². The number of carbonyl (C=O) groups is 4. The molecule has 1 aromatic rings. The van der Waals surface area contributed by atoms with Gasteiger partial charge in [-0.1, -0.05) is 36.4 Å². The highest BCUT2D eigenvalue weighted by atomic mass is 32.2. The van der Waals surface area contributed by atoms with Gasteiger partial charge in [-0.2, -0.15) is 0 Å². The molecule has 0 saturated heterocycles. The molecule has 238 valence electrons. The van der Waals surface area contributed by atoms with Crippen molar-refractivity contribution in [2.75, 3.05) is 39.4 Å².